The van der Waals surface area contributed by atoms with Crippen molar-refractivity contribution in [1.29, 1.82) is 0 Å². The van der Waals surface area contributed by atoms with Crippen LogP contribution in [0, 0.1) is 11.3 Å². The zero-order valence-corrected chi connectivity index (χ0v) is 11.0. The minimum absolute atomic E-state index is 0.144. The van der Waals surface area contributed by atoms with Crippen molar-refractivity contribution in [3.8, 4) is 0 Å². The quantitative estimate of drug-likeness (QED) is 0.770. The Hall–Kier alpha value is -0.970. The van der Waals surface area contributed by atoms with Crippen molar-refractivity contribution >= 4 is 5.78 Å². The monoisotopic (exact) mass is 264 g/mol. The van der Waals surface area contributed by atoms with Crippen molar-refractivity contribution in [1.82, 2.24) is 0 Å². The number of rotatable bonds is 2. The molecule has 1 heterocycles. The first-order valence-electron chi connectivity index (χ1n) is 6.92. The predicted molar refractivity (Wildman–Crippen MR) is 69.4 cm³/mol. The number of hydrogen-bond acceptors (Lipinski definition) is 4. The standard InChI is InChI=1S/C15H20O4/c1-2-5-14-6-7-15(18-8-9-19-15)10-11(14)12(16)3-4-13(14)17/h2,6-7,11-12,16H,1,3-5,8-10H2/t11-,12+,14-/m1/s1. The van der Waals surface area contributed by atoms with Crippen LogP contribution in [-0.2, 0) is 14.3 Å². The third-order valence-corrected chi connectivity index (χ3v) is 4.71. The highest BCUT2D eigenvalue weighted by atomic mass is 16.7. The number of aliphatic hydroxyl groups is 1. The van der Waals surface area contributed by atoms with E-state index in [1.807, 2.05) is 12.2 Å². The van der Waals surface area contributed by atoms with E-state index >= 15 is 0 Å². The summed E-state index contributed by atoms with van der Waals surface area (Å²) in [5.74, 6) is -0.671. The second-order valence-electron chi connectivity index (χ2n) is 5.72. The van der Waals surface area contributed by atoms with E-state index in [-0.39, 0.29) is 11.7 Å². The summed E-state index contributed by atoms with van der Waals surface area (Å²) in [5.41, 5.74) is -0.611. The molecule has 0 aromatic rings. The number of ketones is 1. The van der Waals surface area contributed by atoms with E-state index in [9.17, 15) is 9.90 Å². The van der Waals surface area contributed by atoms with Gasteiger partial charge in [0, 0.05) is 18.8 Å². The van der Waals surface area contributed by atoms with Gasteiger partial charge in [-0.25, -0.2) is 0 Å². The Morgan fingerprint density at radius 2 is 2.16 bits per heavy atom. The molecule has 2 fully saturated rings. The van der Waals surface area contributed by atoms with Gasteiger partial charge in [-0.05, 0) is 18.9 Å². The molecule has 0 aromatic heterocycles. The molecule has 3 atom stereocenters. The van der Waals surface area contributed by atoms with Gasteiger partial charge in [0.15, 0.2) is 5.79 Å². The average Bonchev–Trinajstić information content (AvgIpc) is 2.85. The molecule has 104 valence electrons. The zero-order valence-electron chi connectivity index (χ0n) is 11.0. The van der Waals surface area contributed by atoms with Gasteiger partial charge in [-0.3, -0.25) is 4.79 Å². The SMILES string of the molecule is C=CC[C@@]12C=CC3(C[C@@H]1[C@@H](O)CCC2=O)OCCO3. The Balaban J connectivity index is 2.00. The Kier molecular flexibility index (Phi) is 3.12. The molecule has 3 rings (SSSR count). The van der Waals surface area contributed by atoms with Crippen molar-refractivity contribution in [3.05, 3.63) is 24.8 Å². The van der Waals surface area contributed by atoms with Crippen LogP contribution in [0.25, 0.3) is 0 Å². The molecule has 1 saturated heterocycles. The Bertz CT molecular complexity index is 422. The van der Waals surface area contributed by atoms with Gasteiger partial charge in [-0.1, -0.05) is 12.2 Å². The molecule has 0 bridgehead atoms. The van der Waals surface area contributed by atoms with E-state index in [2.05, 4.69) is 6.58 Å². The van der Waals surface area contributed by atoms with Crippen molar-refractivity contribution in [2.75, 3.05) is 13.2 Å². The van der Waals surface area contributed by atoms with Crippen LogP contribution in [0.4, 0.5) is 0 Å². The molecule has 2 aliphatic carbocycles. The minimum atomic E-state index is -0.728. The number of fused-ring (bicyclic) bond motifs is 1. The number of allylic oxidation sites excluding steroid dienone is 2. The maximum Gasteiger partial charge on any atom is 0.188 e. The van der Waals surface area contributed by atoms with Gasteiger partial charge in [0.05, 0.1) is 24.7 Å². The minimum Gasteiger partial charge on any atom is -0.393 e. The number of aliphatic hydroxyl groups excluding tert-OH is 1. The number of hydrogen-bond donors (Lipinski definition) is 1. The van der Waals surface area contributed by atoms with E-state index in [4.69, 9.17) is 9.47 Å². The number of carbonyl (C=O) groups is 1. The van der Waals surface area contributed by atoms with Crippen LogP contribution in [-0.4, -0.2) is 36.0 Å². The molecule has 0 amide bonds. The summed E-state index contributed by atoms with van der Waals surface area (Å²) < 4.78 is 11.4. The largest absolute Gasteiger partial charge is 0.393 e. The summed E-state index contributed by atoms with van der Waals surface area (Å²) in [6.07, 6.45) is 7.14. The van der Waals surface area contributed by atoms with Gasteiger partial charge in [0.1, 0.15) is 5.78 Å². The molecule has 4 heteroatoms. The van der Waals surface area contributed by atoms with Gasteiger partial charge in [-0.2, -0.15) is 0 Å². The third kappa shape index (κ3) is 1.90. The predicted octanol–water partition coefficient (Wildman–Crippen LogP) is 1.59. The van der Waals surface area contributed by atoms with Crippen LogP contribution >= 0.6 is 0 Å². The lowest BCUT2D eigenvalue weighted by Crippen LogP contribution is -2.53. The van der Waals surface area contributed by atoms with Gasteiger partial charge >= 0.3 is 0 Å². The fourth-order valence-corrected chi connectivity index (χ4v) is 3.70. The van der Waals surface area contributed by atoms with Crippen molar-refractivity contribution in [2.24, 2.45) is 11.3 Å². The molecule has 1 aliphatic heterocycles. The lowest BCUT2D eigenvalue weighted by Gasteiger charge is -2.48. The lowest BCUT2D eigenvalue weighted by atomic mass is 9.58. The summed E-state index contributed by atoms with van der Waals surface area (Å²) in [5, 5.41) is 10.3. The smallest absolute Gasteiger partial charge is 0.188 e. The summed E-state index contributed by atoms with van der Waals surface area (Å²) in [7, 11) is 0. The van der Waals surface area contributed by atoms with Crippen molar-refractivity contribution < 1.29 is 19.4 Å². The van der Waals surface area contributed by atoms with Gasteiger partial charge < -0.3 is 14.6 Å². The highest BCUT2D eigenvalue weighted by molar-refractivity contribution is 5.88. The maximum absolute atomic E-state index is 12.4. The molecule has 4 nitrogen and oxygen atoms in total. The molecule has 3 aliphatic rings. The normalized spacial score (nSPS) is 40.4. The summed E-state index contributed by atoms with van der Waals surface area (Å²) in [4.78, 5) is 12.4. The molecule has 19 heavy (non-hydrogen) atoms. The number of Topliss-reactive ketones (excluding diaryl/α,β-unsaturated/α-hetero) is 1. The molecule has 0 aromatic carbocycles. The van der Waals surface area contributed by atoms with E-state index in [1.54, 1.807) is 6.08 Å². The summed E-state index contributed by atoms with van der Waals surface area (Å²) in [6.45, 7) is 4.89. The number of ether oxygens (including phenoxy) is 2. The fourth-order valence-electron chi connectivity index (χ4n) is 3.70. The number of carbonyl (C=O) groups excluding carboxylic acids is 1. The first kappa shape index (κ1) is 13.0. The average molecular weight is 264 g/mol. The van der Waals surface area contributed by atoms with Crippen LogP contribution < -0.4 is 0 Å². The second-order valence-corrected chi connectivity index (χ2v) is 5.72. The Morgan fingerprint density at radius 3 is 2.84 bits per heavy atom. The Morgan fingerprint density at radius 1 is 1.42 bits per heavy atom. The highest BCUT2D eigenvalue weighted by Crippen LogP contribution is 2.51. The molecule has 1 N–H and O–H groups in total. The molecule has 1 spiro atoms. The van der Waals surface area contributed by atoms with Gasteiger partial charge in [-0.15, -0.1) is 6.58 Å². The first-order valence-corrected chi connectivity index (χ1v) is 6.92. The zero-order chi connectivity index (χ0) is 13.5. The molecular weight excluding hydrogens is 244 g/mol. The fraction of sp³-hybridized carbons (Fsp3) is 0.667. The van der Waals surface area contributed by atoms with E-state index < -0.39 is 17.3 Å². The Labute approximate surface area is 113 Å². The molecule has 1 saturated carbocycles. The summed E-state index contributed by atoms with van der Waals surface area (Å²) in [6, 6.07) is 0. The van der Waals surface area contributed by atoms with Crippen LogP contribution in [0.1, 0.15) is 25.7 Å². The van der Waals surface area contributed by atoms with Crippen LogP contribution in [0.15, 0.2) is 24.8 Å². The van der Waals surface area contributed by atoms with E-state index in [1.165, 1.54) is 0 Å². The highest BCUT2D eigenvalue weighted by Gasteiger charge is 2.55. The summed E-state index contributed by atoms with van der Waals surface area (Å²) >= 11 is 0. The topological polar surface area (TPSA) is 55.8 Å². The van der Waals surface area contributed by atoms with Crippen LogP contribution in [0.2, 0.25) is 0 Å². The van der Waals surface area contributed by atoms with Gasteiger partial charge in [0.25, 0.3) is 0 Å². The maximum atomic E-state index is 12.4. The van der Waals surface area contributed by atoms with Crippen LogP contribution in [0.5, 0.6) is 0 Å². The van der Waals surface area contributed by atoms with Gasteiger partial charge in [0.2, 0.25) is 0 Å². The molecule has 0 unspecified atom stereocenters. The van der Waals surface area contributed by atoms with Crippen molar-refractivity contribution in [3.63, 3.8) is 0 Å². The van der Waals surface area contributed by atoms with E-state index in [0.29, 0.717) is 38.9 Å². The second kappa shape index (κ2) is 4.54. The lowest BCUT2D eigenvalue weighted by molar-refractivity contribution is -0.170. The molecule has 0 radical (unpaired) electrons. The molecular formula is C15H20O4. The van der Waals surface area contributed by atoms with E-state index in [0.717, 1.165) is 0 Å². The van der Waals surface area contributed by atoms with Crippen molar-refractivity contribution in [2.45, 2.75) is 37.6 Å². The van der Waals surface area contributed by atoms with Crippen LogP contribution in [0.3, 0.4) is 0 Å². The third-order valence-electron chi connectivity index (χ3n) is 4.71. The first-order chi connectivity index (χ1) is 9.12.